The highest BCUT2D eigenvalue weighted by molar-refractivity contribution is 9.11. The van der Waals surface area contributed by atoms with Gasteiger partial charge in [0, 0.05) is 22.1 Å². The zero-order chi connectivity index (χ0) is 12.8. The van der Waals surface area contributed by atoms with Crippen LogP contribution in [-0.4, -0.2) is 31.5 Å². The Morgan fingerprint density at radius 2 is 2.12 bits per heavy atom. The van der Waals surface area contributed by atoms with E-state index in [1.54, 1.807) is 7.11 Å². The number of hydrogen-bond donors (Lipinski definition) is 2. The maximum atomic E-state index is 9.20. The van der Waals surface area contributed by atoms with Crippen LogP contribution < -0.4 is 5.32 Å². The highest BCUT2D eigenvalue weighted by Crippen LogP contribution is 2.26. The molecule has 0 spiro atoms. The molecule has 0 fully saturated rings. The van der Waals surface area contributed by atoms with Gasteiger partial charge in [-0.05, 0) is 24.6 Å². The minimum atomic E-state index is -0.0504. The number of methoxy groups -OCH3 is 1. The second-order valence-electron chi connectivity index (χ2n) is 3.89. The molecule has 0 aromatic heterocycles. The quantitative estimate of drug-likeness (QED) is 0.813. The van der Waals surface area contributed by atoms with Gasteiger partial charge in [0.05, 0.1) is 19.3 Å². The zero-order valence-electron chi connectivity index (χ0n) is 9.91. The van der Waals surface area contributed by atoms with E-state index in [9.17, 15) is 5.11 Å². The van der Waals surface area contributed by atoms with E-state index in [1.807, 2.05) is 18.2 Å². The molecule has 0 bridgehead atoms. The van der Waals surface area contributed by atoms with Gasteiger partial charge in [-0.2, -0.15) is 0 Å². The Labute approximate surface area is 119 Å². The maximum Gasteiger partial charge on any atom is 0.0638 e. The van der Waals surface area contributed by atoms with Crippen LogP contribution in [0, 0.1) is 0 Å². The molecule has 0 amide bonds. The monoisotopic (exact) mass is 365 g/mol. The van der Waals surface area contributed by atoms with E-state index < -0.39 is 0 Å². The smallest absolute Gasteiger partial charge is 0.0638 e. The Kier molecular flexibility index (Phi) is 6.66. The molecule has 0 heterocycles. The number of aliphatic hydroxyl groups excluding tert-OH is 1. The Hall–Kier alpha value is 0.0600. The molecule has 0 saturated heterocycles. The molecule has 2 atom stereocenters. The fourth-order valence-electron chi connectivity index (χ4n) is 1.65. The normalized spacial score (nSPS) is 14.6. The van der Waals surface area contributed by atoms with Crippen molar-refractivity contribution in [1.82, 2.24) is 5.32 Å². The minimum absolute atomic E-state index is 0.0504. The van der Waals surface area contributed by atoms with Gasteiger partial charge in [0.25, 0.3) is 0 Å². The molecule has 2 N–H and O–H groups in total. The van der Waals surface area contributed by atoms with E-state index >= 15 is 0 Å². The van der Waals surface area contributed by atoms with Gasteiger partial charge >= 0.3 is 0 Å². The summed E-state index contributed by atoms with van der Waals surface area (Å²) in [5.41, 5.74) is 1.16. The number of aliphatic hydroxyl groups is 1. The molecule has 1 aromatic carbocycles. The van der Waals surface area contributed by atoms with Crippen LogP contribution in [0.5, 0.6) is 0 Å². The molecule has 0 radical (unpaired) electrons. The average molecular weight is 367 g/mol. The van der Waals surface area contributed by atoms with Crippen LogP contribution in [0.1, 0.15) is 18.5 Å². The van der Waals surface area contributed by atoms with Gasteiger partial charge in [0.1, 0.15) is 0 Å². The van der Waals surface area contributed by atoms with Crippen molar-refractivity contribution < 1.29 is 9.84 Å². The predicted molar refractivity (Wildman–Crippen MR) is 76.1 cm³/mol. The van der Waals surface area contributed by atoms with E-state index in [1.165, 1.54) is 0 Å². The van der Waals surface area contributed by atoms with E-state index in [0.717, 1.165) is 14.5 Å². The van der Waals surface area contributed by atoms with Crippen molar-refractivity contribution in [2.75, 3.05) is 20.3 Å². The highest BCUT2D eigenvalue weighted by atomic mass is 79.9. The summed E-state index contributed by atoms with van der Waals surface area (Å²) < 4.78 is 7.12. The molecule has 5 heteroatoms. The lowest BCUT2D eigenvalue weighted by atomic mass is 10.1. The molecule has 0 aliphatic rings. The molecule has 0 aliphatic heterocycles. The summed E-state index contributed by atoms with van der Waals surface area (Å²) >= 11 is 6.96. The predicted octanol–water partition coefficient (Wildman–Crippen LogP) is 2.87. The zero-order valence-corrected chi connectivity index (χ0v) is 13.1. The summed E-state index contributed by atoms with van der Waals surface area (Å²) in [5, 5.41) is 12.5. The van der Waals surface area contributed by atoms with Crippen LogP contribution in [0.4, 0.5) is 0 Å². The van der Waals surface area contributed by atoms with Crippen molar-refractivity contribution in [3.05, 3.63) is 32.7 Å². The molecular weight excluding hydrogens is 350 g/mol. The van der Waals surface area contributed by atoms with E-state index in [4.69, 9.17) is 4.74 Å². The fraction of sp³-hybridized carbons (Fsp3) is 0.500. The number of rotatable bonds is 6. The lowest BCUT2D eigenvalue weighted by molar-refractivity contribution is 0.123. The lowest BCUT2D eigenvalue weighted by Crippen LogP contribution is -2.38. The largest absolute Gasteiger partial charge is 0.395 e. The lowest BCUT2D eigenvalue weighted by Gasteiger charge is -2.22. The van der Waals surface area contributed by atoms with Gasteiger partial charge in [0.2, 0.25) is 0 Å². The minimum Gasteiger partial charge on any atom is -0.395 e. The van der Waals surface area contributed by atoms with Gasteiger partial charge in [-0.3, -0.25) is 0 Å². The summed E-state index contributed by atoms with van der Waals surface area (Å²) in [6.45, 7) is 2.62. The molecule has 1 rings (SSSR count). The fourth-order valence-corrected chi connectivity index (χ4v) is 3.04. The molecule has 0 aliphatic carbocycles. The van der Waals surface area contributed by atoms with E-state index in [0.29, 0.717) is 6.61 Å². The number of hydrogen-bond acceptors (Lipinski definition) is 3. The van der Waals surface area contributed by atoms with Crippen molar-refractivity contribution in [1.29, 1.82) is 0 Å². The first-order chi connectivity index (χ1) is 8.08. The van der Waals surface area contributed by atoms with E-state index in [2.05, 4.69) is 44.1 Å². The SMILES string of the molecule is COCC(CO)NC(C)c1ccc(Br)cc1Br. The molecule has 1 aromatic rings. The Morgan fingerprint density at radius 3 is 2.65 bits per heavy atom. The summed E-state index contributed by atoms with van der Waals surface area (Å²) in [5.74, 6) is 0. The van der Waals surface area contributed by atoms with Crippen LogP contribution in [0.15, 0.2) is 27.1 Å². The first kappa shape index (κ1) is 15.1. The van der Waals surface area contributed by atoms with Crippen LogP contribution in [0.3, 0.4) is 0 Å². The van der Waals surface area contributed by atoms with E-state index in [-0.39, 0.29) is 18.7 Å². The van der Waals surface area contributed by atoms with Crippen LogP contribution in [0.25, 0.3) is 0 Å². The number of halogens is 2. The number of ether oxygens (including phenoxy) is 1. The maximum absolute atomic E-state index is 9.20. The molecule has 0 saturated carbocycles. The highest BCUT2D eigenvalue weighted by Gasteiger charge is 2.14. The summed E-state index contributed by atoms with van der Waals surface area (Å²) in [7, 11) is 1.63. The molecule has 3 nitrogen and oxygen atoms in total. The third-order valence-electron chi connectivity index (χ3n) is 2.50. The van der Waals surface area contributed by atoms with Crippen molar-refractivity contribution in [3.63, 3.8) is 0 Å². The average Bonchev–Trinajstić information content (AvgIpc) is 2.28. The van der Waals surface area contributed by atoms with Gasteiger partial charge in [0.15, 0.2) is 0 Å². The molecular formula is C12H17Br2NO2. The van der Waals surface area contributed by atoms with Gasteiger partial charge < -0.3 is 15.2 Å². The van der Waals surface area contributed by atoms with Gasteiger partial charge in [-0.1, -0.05) is 37.9 Å². The third-order valence-corrected chi connectivity index (χ3v) is 3.68. The summed E-state index contributed by atoms with van der Waals surface area (Å²) in [6.07, 6.45) is 0. The Balaban J connectivity index is 2.71. The first-order valence-electron chi connectivity index (χ1n) is 5.39. The summed E-state index contributed by atoms with van der Waals surface area (Å²) in [4.78, 5) is 0. The second kappa shape index (κ2) is 7.48. The number of benzene rings is 1. The third kappa shape index (κ3) is 4.67. The Morgan fingerprint density at radius 1 is 1.41 bits per heavy atom. The van der Waals surface area contributed by atoms with Gasteiger partial charge in [-0.25, -0.2) is 0 Å². The van der Waals surface area contributed by atoms with Crippen molar-refractivity contribution in [3.8, 4) is 0 Å². The molecule has 2 unspecified atom stereocenters. The van der Waals surface area contributed by atoms with Crippen molar-refractivity contribution in [2.24, 2.45) is 0 Å². The Bertz CT molecular complexity index is 360. The van der Waals surface area contributed by atoms with Crippen LogP contribution >= 0.6 is 31.9 Å². The second-order valence-corrected chi connectivity index (χ2v) is 5.66. The number of nitrogens with one attached hydrogen (secondary N) is 1. The first-order valence-corrected chi connectivity index (χ1v) is 6.98. The standard InChI is InChI=1S/C12H17Br2NO2/c1-8(15-10(6-16)7-17-2)11-4-3-9(13)5-12(11)14/h3-5,8,10,15-16H,6-7H2,1-2H3. The van der Waals surface area contributed by atoms with Crippen LogP contribution in [-0.2, 0) is 4.74 Å². The van der Waals surface area contributed by atoms with Gasteiger partial charge in [-0.15, -0.1) is 0 Å². The van der Waals surface area contributed by atoms with Crippen molar-refractivity contribution >= 4 is 31.9 Å². The topological polar surface area (TPSA) is 41.5 Å². The van der Waals surface area contributed by atoms with Crippen LogP contribution in [0.2, 0.25) is 0 Å². The van der Waals surface area contributed by atoms with Crippen molar-refractivity contribution in [2.45, 2.75) is 19.0 Å². The molecule has 17 heavy (non-hydrogen) atoms. The summed E-state index contributed by atoms with van der Waals surface area (Å²) in [6, 6.07) is 6.16. The molecule has 96 valence electrons.